The largest absolute Gasteiger partial charge is 2.00 e. The van der Waals surface area contributed by atoms with Crippen LogP contribution in [0.3, 0.4) is 0 Å². The summed E-state index contributed by atoms with van der Waals surface area (Å²) in [5.74, 6) is 0. The van der Waals surface area contributed by atoms with Crippen LogP contribution in [0.1, 0.15) is 18.1 Å². The summed E-state index contributed by atoms with van der Waals surface area (Å²) in [5, 5.41) is 0. The van der Waals surface area contributed by atoms with Crippen molar-refractivity contribution < 1.29 is 55.8 Å². The summed E-state index contributed by atoms with van der Waals surface area (Å²) in [6.45, 7) is 5.91. The fourth-order valence-corrected chi connectivity index (χ4v) is 2.16. The van der Waals surface area contributed by atoms with Crippen LogP contribution in [0.4, 0.5) is 0 Å². The molecule has 1 aromatic heterocycles. The van der Waals surface area contributed by atoms with Crippen molar-refractivity contribution in [2.75, 3.05) is 0 Å². The molecule has 0 radical (unpaired) electrons. The van der Waals surface area contributed by atoms with Crippen LogP contribution in [0.15, 0.2) is 48.3 Å². The molecule has 0 atom stereocenters. The van der Waals surface area contributed by atoms with E-state index in [0.29, 0.717) is 0 Å². The zero-order valence-corrected chi connectivity index (χ0v) is 18.2. The third-order valence-corrected chi connectivity index (χ3v) is 2.87. The minimum Gasteiger partial charge on any atom is -1.00 e. The molecule has 2 aromatic rings. The third-order valence-electron chi connectivity index (χ3n) is 2.87. The van der Waals surface area contributed by atoms with E-state index < -0.39 is 9.04 Å². The van der Waals surface area contributed by atoms with Crippen LogP contribution >= 0.6 is 0 Å². The van der Waals surface area contributed by atoms with Gasteiger partial charge in [0.15, 0.2) is 9.04 Å². The second kappa shape index (κ2) is 11.4. The normalized spacial score (nSPS) is 11.0. The van der Waals surface area contributed by atoms with Gasteiger partial charge in [-0.1, -0.05) is 29.8 Å². The van der Waals surface area contributed by atoms with E-state index in [-0.39, 0.29) is 51.0 Å². The molecule has 1 aliphatic rings. The Kier molecular flexibility index (Phi) is 12.5. The van der Waals surface area contributed by atoms with Crippen LogP contribution in [0.2, 0.25) is 13.1 Å². The molecule has 1 aromatic carbocycles. The number of aromatic nitrogens is 1. The summed E-state index contributed by atoms with van der Waals surface area (Å²) in [6, 6.07) is 10.4. The van der Waals surface area contributed by atoms with Crippen molar-refractivity contribution in [3.63, 3.8) is 0 Å². The number of rotatable bonds is 1. The number of allylic oxidation sites excluding steroid dienone is 1. The Hall–Kier alpha value is -0.120. The Morgan fingerprint density at radius 2 is 1.59 bits per heavy atom. The van der Waals surface area contributed by atoms with Crippen molar-refractivity contribution in [1.29, 1.82) is 0 Å². The predicted molar refractivity (Wildman–Crippen MR) is 84.2 cm³/mol. The van der Waals surface area contributed by atoms with Crippen molar-refractivity contribution in [3.8, 4) is 5.69 Å². The van der Waals surface area contributed by atoms with Crippen LogP contribution in [-0.4, -0.2) is 18.4 Å². The topological polar surface area (TPSA) is 25.2 Å². The number of benzene rings is 1. The molecule has 0 saturated carbocycles. The van der Waals surface area contributed by atoms with Gasteiger partial charge in [-0.25, -0.2) is 0 Å². The van der Waals surface area contributed by atoms with Gasteiger partial charge in [-0.15, -0.1) is 0 Å². The molecular formula is C16H21Cl2NOSiZr. The molecule has 0 bridgehead atoms. The second-order valence-corrected chi connectivity index (χ2v) is 7.43. The van der Waals surface area contributed by atoms with Crippen molar-refractivity contribution in [2.24, 2.45) is 0 Å². The van der Waals surface area contributed by atoms with Gasteiger partial charge in [0.2, 0.25) is 0 Å². The molecule has 1 N–H and O–H groups in total. The van der Waals surface area contributed by atoms with Crippen molar-refractivity contribution in [2.45, 2.75) is 26.4 Å². The predicted octanol–water partition coefficient (Wildman–Crippen LogP) is -2.60. The molecule has 22 heavy (non-hydrogen) atoms. The molecule has 0 unspecified atom stereocenters. The first kappa shape index (κ1) is 24.1. The molecule has 3 rings (SSSR count). The molecule has 2 nitrogen and oxygen atoms in total. The first-order valence-corrected chi connectivity index (χ1v) is 9.50. The SMILES string of the molecule is CC1=Cc2cn(-c3ccccc3)cc2C1.C[SiH](C)O.[Cl-].[Cl-].[Zr+2]. The number of hydrogen-bond acceptors (Lipinski definition) is 1. The van der Waals surface area contributed by atoms with Gasteiger partial charge < -0.3 is 34.2 Å². The van der Waals surface area contributed by atoms with Gasteiger partial charge in [-0.2, -0.15) is 0 Å². The van der Waals surface area contributed by atoms with Crippen LogP contribution < -0.4 is 24.8 Å². The number of halogens is 2. The van der Waals surface area contributed by atoms with E-state index in [2.05, 4.69) is 54.2 Å². The summed E-state index contributed by atoms with van der Waals surface area (Å²) in [7, 11) is -1.14. The summed E-state index contributed by atoms with van der Waals surface area (Å²) in [6.07, 6.45) is 7.82. The standard InChI is InChI=1S/C14H13N.C2H8OSi.2ClH.Zr/c1-11-7-12-9-15(10-13(12)8-11)14-5-3-2-4-6-14;1-4(2)3;;;/h2-7,9-10H,8H2,1H3;3-4H,1-2H3;2*1H;/q;;;;+2/p-2. The average Bonchev–Trinajstić information content (AvgIpc) is 2.86. The minimum absolute atomic E-state index is 0. The molecule has 0 amide bonds. The number of nitrogens with zero attached hydrogens (tertiary/aromatic N) is 1. The van der Waals surface area contributed by atoms with E-state index in [1.807, 2.05) is 19.2 Å². The monoisotopic (exact) mass is 431 g/mol. The first-order valence-electron chi connectivity index (χ1n) is 6.68. The molecule has 6 heteroatoms. The maximum absolute atomic E-state index is 8.19. The van der Waals surface area contributed by atoms with Gasteiger partial charge in [0.05, 0.1) is 0 Å². The number of fused-ring (bicyclic) bond motifs is 1. The summed E-state index contributed by atoms with van der Waals surface area (Å²) in [5.41, 5.74) is 5.51. The molecule has 0 saturated heterocycles. The summed E-state index contributed by atoms with van der Waals surface area (Å²) < 4.78 is 2.20. The Morgan fingerprint density at radius 3 is 2.09 bits per heavy atom. The van der Waals surface area contributed by atoms with Gasteiger partial charge in [-0.05, 0) is 49.7 Å². The van der Waals surface area contributed by atoms with E-state index in [9.17, 15) is 0 Å². The molecule has 0 fully saturated rings. The quantitative estimate of drug-likeness (QED) is 0.491. The molecular weight excluding hydrogens is 412 g/mol. The summed E-state index contributed by atoms with van der Waals surface area (Å²) >= 11 is 0. The number of hydrogen-bond donors (Lipinski definition) is 1. The van der Waals surface area contributed by atoms with E-state index in [4.69, 9.17) is 4.80 Å². The van der Waals surface area contributed by atoms with Crippen molar-refractivity contribution in [3.05, 3.63) is 59.4 Å². The molecule has 1 aliphatic carbocycles. The Labute approximate surface area is 166 Å². The van der Waals surface area contributed by atoms with Gasteiger partial charge in [0.1, 0.15) is 0 Å². The maximum Gasteiger partial charge on any atom is 2.00 e. The van der Waals surface area contributed by atoms with Gasteiger partial charge in [0, 0.05) is 18.1 Å². The molecule has 0 aliphatic heterocycles. The average molecular weight is 434 g/mol. The van der Waals surface area contributed by atoms with Crippen LogP contribution in [0.25, 0.3) is 11.8 Å². The molecule has 118 valence electrons. The van der Waals surface area contributed by atoms with E-state index >= 15 is 0 Å². The maximum atomic E-state index is 8.19. The number of para-hydroxylation sites is 1. The summed E-state index contributed by atoms with van der Waals surface area (Å²) in [4.78, 5) is 8.19. The smallest absolute Gasteiger partial charge is 1.00 e. The van der Waals surface area contributed by atoms with Gasteiger partial charge in [-0.3, -0.25) is 0 Å². The minimum atomic E-state index is -1.14. The van der Waals surface area contributed by atoms with E-state index in [1.165, 1.54) is 22.4 Å². The van der Waals surface area contributed by atoms with Crippen LogP contribution in [0.5, 0.6) is 0 Å². The Bertz CT molecular complexity index is 582. The fourth-order valence-electron chi connectivity index (χ4n) is 2.16. The van der Waals surface area contributed by atoms with E-state index in [0.717, 1.165) is 6.42 Å². The fraction of sp³-hybridized carbons (Fsp3) is 0.250. The Morgan fingerprint density at radius 1 is 1.05 bits per heavy atom. The van der Waals surface area contributed by atoms with Crippen LogP contribution in [0, 0.1) is 0 Å². The third kappa shape index (κ3) is 6.97. The molecule has 0 spiro atoms. The van der Waals surface area contributed by atoms with Gasteiger partial charge >= 0.3 is 26.2 Å². The van der Waals surface area contributed by atoms with Crippen molar-refractivity contribution in [1.82, 2.24) is 4.57 Å². The van der Waals surface area contributed by atoms with E-state index in [1.54, 1.807) is 0 Å². The van der Waals surface area contributed by atoms with Gasteiger partial charge in [0.25, 0.3) is 0 Å². The first-order chi connectivity index (χ1) is 9.06. The second-order valence-electron chi connectivity index (χ2n) is 5.24. The Balaban J connectivity index is 0. The molecule has 1 heterocycles. The zero-order valence-electron chi connectivity index (χ0n) is 13.1. The van der Waals surface area contributed by atoms with Crippen molar-refractivity contribution >= 4 is 15.1 Å². The van der Waals surface area contributed by atoms with Crippen LogP contribution in [-0.2, 0) is 32.6 Å². The zero-order chi connectivity index (χ0) is 13.8.